The van der Waals surface area contributed by atoms with Gasteiger partial charge in [0.2, 0.25) is 0 Å². The van der Waals surface area contributed by atoms with Crippen molar-refractivity contribution in [2.45, 2.75) is 91.6 Å². The molecule has 2 N–H and O–H groups in total. The Kier molecular flexibility index (Phi) is 11.4. The van der Waals surface area contributed by atoms with Gasteiger partial charge in [0.25, 0.3) is 0 Å². The molecule has 42 heavy (non-hydrogen) atoms. The standard InChI is InChI=1S/C24H23N5O2.C9H20.C2H6/c1-31-24-27-22-10-21(19-9-17(30)8-14-4-2-3-5-18(14)19)25-11-20(22)23(28-24)29-12-15-6-7-16(13-29)26-15;1-4-6-7-8-9(3)5-2;1-2/h2-5,8-11,15-16,26,30H,6-7,12-13H2,1H3;9H,4-8H2,1-3H3;1-2H3. The molecule has 2 aliphatic rings. The van der Waals surface area contributed by atoms with E-state index in [1.54, 1.807) is 19.2 Å². The third kappa shape index (κ3) is 7.49. The lowest BCUT2D eigenvalue weighted by atomic mass is 10.0. The maximum atomic E-state index is 10.3. The van der Waals surface area contributed by atoms with Crippen molar-refractivity contribution in [1.82, 2.24) is 20.3 Å². The normalized spacial score (nSPS) is 18.2. The number of anilines is 1. The molecule has 2 fully saturated rings. The van der Waals surface area contributed by atoms with Crippen LogP contribution < -0.4 is 15.0 Å². The number of hydrogen-bond acceptors (Lipinski definition) is 7. The van der Waals surface area contributed by atoms with E-state index in [0.29, 0.717) is 18.1 Å². The highest BCUT2D eigenvalue weighted by molar-refractivity contribution is 5.99. The number of nitrogens with zero attached hydrogens (tertiary/aromatic N) is 4. The quantitative estimate of drug-likeness (QED) is 0.207. The number of unbranched alkanes of at least 4 members (excludes halogenated alkanes) is 2. The van der Waals surface area contributed by atoms with Gasteiger partial charge in [-0.05, 0) is 47.7 Å². The SMILES string of the molecule is CC.CCCCCC(C)CC.COc1nc(N2CC3CCC(C2)N3)c2cnc(-c3cc(O)cc4ccccc34)cc2n1. The fourth-order valence-corrected chi connectivity index (χ4v) is 5.89. The molecule has 2 aliphatic heterocycles. The van der Waals surface area contributed by atoms with Crippen molar-refractivity contribution in [3.63, 3.8) is 0 Å². The van der Waals surface area contributed by atoms with Gasteiger partial charge in [-0.2, -0.15) is 9.97 Å². The van der Waals surface area contributed by atoms with Gasteiger partial charge in [-0.25, -0.2) is 0 Å². The highest BCUT2D eigenvalue weighted by atomic mass is 16.5. The van der Waals surface area contributed by atoms with Crippen LogP contribution in [-0.2, 0) is 0 Å². The Morgan fingerprint density at radius 1 is 1.00 bits per heavy atom. The van der Waals surface area contributed by atoms with E-state index < -0.39 is 0 Å². The van der Waals surface area contributed by atoms with Crippen molar-refractivity contribution in [2.24, 2.45) is 5.92 Å². The van der Waals surface area contributed by atoms with Gasteiger partial charge >= 0.3 is 6.01 Å². The average Bonchev–Trinajstić information content (AvgIpc) is 3.37. The van der Waals surface area contributed by atoms with Gasteiger partial charge in [-0.1, -0.05) is 91.0 Å². The molecule has 6 rings (SSSR count). The summed E-state index contributed by atoms with van der Waals surface area (Å²) in [5.41, 5.74) is 2.41. The molecule has 0 radical (unpaired) electrons. The number of ether oxygens (including phenoxy) is 1. The molecule has 226 valence electrons. The van der Waals surface area contributed by atoms with Crippen LogP contribution in [0.2, 0.25) is 0 Å². The van der Waals surface area contributed by atoms with Gasteiger partial charge in [0.15, 0.2) is 0 Å². The monoisotopic (exact) mass is 571 g/mol. The van der Waals surface area contributed by atoms with Gasteiger partial charge in [0, 0.05) is 36.9 Å². The van der Waals surface area contributed by atoms with Crippen molar-refractivity contribution in [2.75, 3.05) is 25.1 Å². The highest BCUT2D eigenvalue weighted by Crippen LogP contribution is 2.35. The summed E-state index contributed by atoms with van der Waals surface area (Å²) in [5, 5.41) is 16.8. The van der Waals surface area contributed by atoms with Gasteiger partial charge in [-0.15, -0.1) is 0 Å². The molecule has 7 nitrogen and oxygen atoms in total. The molecule has 2 aromatic carbocycles. The van der Waals surface area contributed by atoms with E-state index in [9.17, 15) is 5.11 Å². The predicted molar refractivity (Wildman–Crippen MR) is 176 cm³/mol. The van der Waals surface area contributed by atoms with Gasteiger partial charge in [-0.3, -0.25) is 4.98 Å². The van der Waals surface area contributed by atoms with Gasteiger partial charge in [0.1, 0.15) is 11.6 Å². The molecule has 0 aliphatic carbocycles. The summed E-state index contributed by atoms with van der Waals surface area (Å²) < 4.78 is 5.43. The first kappa shape index (κ1) is 31.5. The highest BCUT2D eigenvalue weighted by Gasteiger charge is 2.33. The molecule has 0 amide bonds. The first-order valence-corrected chi connectivity index (χ1v) is 15.9. The zero-order valence-electron chi connectivity index (χ0n) is 26.4. The Balaban J connectivity index is 0.000000319. The molecule has 4 aromatic rings. The number of piperazine rings is 1. The van der Waals surface area contributed by atoms with Crippen molar-refractivity contribution >= 4 is 27.5 Å². The van der Waals surface area contributed by atoms with Crippen LogP contribution in [0.4, 0.5) is 5.82 Å². The number of aromatic nitrogens is 3. The number of rotatable bonds is 8. The fourth-order valence-electron chi connectivity index (χ4n) is 5.89. The predicted octanol–water partition coefficient (Wildman–Crippen LogP) is 8.14. The molecule has 0 saturated carbocycles. The van der Waals surface area contributed by atoms with E-state index in [4.69, 9.17) is 14.7 Å². The third-order valence-corrected chi connectivity index (χ3v) is 8.36. The van der Waals surface area contributed by atoms with Crippen LogP contribution in [0.5, 0.6) is 11.8 Å². The topological polar surface area (TPSA) is 83.4 Å². The second-order valence-electron chi connectivity index (χ2n) is 11.4. The van der Waals surface area contributed by atoms with Crippen LogP contribution in [-0.4, -0.2) is 52.3 Å². The maximum Gasteiger partial charge on any atom is 0.318 e. The number of nitrogens with one attached hydrogen (secondary N) is 1. The van der Waals surface area contributed by atoms with Crippen molar-refractivity contribution < 1.29 is 9.84 Å². The lowest BCUT2D eigenvalue weighted by molar-refractivity contribution is 0.380. The molecule has 2 aromatic heterocycles. The summed E-state index contributed by atoms with van der Waals surface area (Å²) >= 11 is 0. The van der Waals surface area contributed by atoms with Gasteiger partial charge < -0.3 is 20.1 Å². The van der Waals surface area contributed by atoms with Crippen LogP contribution in [0, 0.1) is 5.92 Å². The Labute approximate surface area is 251 Å². The maximum absolute atomic E-state index is 10.3. The summed E-state index contributed by atoms with van der Waals surface area (Å²) in [5.74, 6) is 2.05. The number of aromatic hydroxyl groups is 1. The minimum absolute atomic E-state index is 0.216. The number of hydrogen-bond donors (Lipinski definition) is 2. The Morgan fingerprint density at radius 3 is 2.43 bits per heavy atom. The lowest BCUT2D eigenvalue weighted by Gasteiger charge is -2.34. The molecule has 2 bridgehead atoms. The number of pyridine rings is 1. The first-order chi connectivity index (χ1) is 20.5. The lowest BCUT2D eigenvalue weighted by Crippen LogP contribution is -2.51. The van der Waals surface area contributed by atoms with E-state index in [1.807, 2.05) is 50.4 Å². The second kappa shape index (κ2) is 15.1. The van der Waals surface area contributed by atoms with Crippen LogP contribution in [0.15, 0.2) is 48.7 Å². The molecule has 3 atom stereocenters. The summed E-state index contributed by atoms with van der Waals surface area (Å²) in [6, 6.07) is 14.8. The summed E-state index contributed by atoms with van der Waals surface area (Å²) in [7, 11) is 1.59. The van der Waals surface area contributed by atoms with Crippen molar-refractivity contribution in [1.29, 1.82) is 0 Å². The minimum atomic E-state index is 0.216. The number of benzene rings is 2. The van der Waals surface area contributed by atoms with Crippen LogP contribution in [0.1, 0.15) is 79.6 Å². The van der Waals surface area contributed by atoms with Crippen LogP contribution in [0.25, 0.3) is 32.9 Å². The average molecular weight is 572 g/mol. The van der Waals surface area contributed by atoms with Crippen LogP contribution >= 0.6 is 0 Å². The van der Waals surface area contributed by atoms with Crippen molar-refractivity contribution in [3.8, 4) is 23.0 Å². The van der Waals surface area contributed by atoms with Crippen molar-refractivity contribution in [3.05, 3.63) is 48.7 Å². The Bertz CT molecular complexity index is 1430. The Hall–Kier alpha value is -3.45. The molecular weight excluding hydrogens is 522 g/mol. The number of fused-ring (bicyclic) bond motifs is 4. The zero-order chi connectivity index (χ0) is 30.1. The van der Waals surface area contributed by atoms with E-state index in [0.717, 1.165) is 57.8 Å². The zero-order valence-corrected chi connectivity index (χ0v) is 26.4. The van der Waals surface area contributed by atoms with E-state index >= 15 is 0 Å². The molecular formula is C35H49N5O2. The minimum Gasteiger partial charge on any atom is -0.508 e. The van der Waals surface area contributed by atoms with E-state index in [1.165, 1.54) is 44.9 Å². The number of phenolic OH excluding ortho intramolecular Hbond substituents is 1. The fraction of sp³-hybridized carbons (Fsp3) is 0.514. The molecule has 3 unspecified atom stereocenters. The number of methoxy groups -OCH3 is 1. The molecule has 0 spiro atoms. The molecule has 7 heteroatoms. The summed E-state index contributed by atoms with van der Waals surface area (Å²) in [6.45, 7) is 12.7. The van der Waals surface area contributed by atoms with Crippen LogP contribution in [0.3, 0.4) is 0 Å². The van der Waals surface area contributed by atoms with Gasteiger partial charge in [0.05, 0.1) is 23.7 Å². The molecule has 2 saturated heterocycles. The second-order valence-corrected chi connectivity index (χ2v) is 11.4. The first-order valence-electron chi connectivity index (χ1n) is 15.9. The smallest absolute Gasteiger partial charge is 0.318 e. The molecule has 4 heterocycles. The third-order valence-electron chi connectivity index (χ3n) is 8.36. The summed E-state index contributed by atoms with van der Waals surface area (Å²) in [4.78, 5) is 16.4. The van der Waals surface area contributed by atoms with E-state index in [-0.39, 0.29) is 5.75 Å². The summed E-state index contributed by atoms with van der Waals surface area (Å²) in [6.07, 6.45) is 11.3. The van der Waals surface area contributed by atoms with E-state index in [2.05, 4.69) is 36.0 Å². The largest absolute Gasteiger partial charge is 0.508 e. The number of phenols is 1. The Morgan fingerprint density at radius 2 is 1.74 bits per heavy atom.